The number of hydrogen-bond donors (Lipinski definition) is 11. The lowest BCUT2D eigenvalue weighted by atomic mass is 9.84. The molecule has 3 rings (SSSR count). The van der Waals surface area contributed by atoms with Crippen molar-refractivity contribution in [3.8, 4) is 0 Å². The number of rotatable bonds is 61. The largest absolute Gasteiger partial charge is 0.472 e. The molecule has 0 aromatic rings. The summed E-state index contributed by atoms with van der Waals surface area (Å²) in [6.07, 6.45) is 10.2. The summed E-state index contributed by atoms with van der Waals surface area (Å²) in [7, 11) is -5.70. The second-order valence-corrected chi connectivity index (χ2v) is 30.7. The molecular weight excluding hydrogens is 1320 g/mol. The Balaban J connectivity index is 1.73. The first-order valence-corrected chi connectivity index (χ1v) is 41.1. The van der Waals surface area contributed by atoms with E-state index in [-0.39, 0.29) is 19.3 Å². The van der Waals surface area contributed by atoms with Gasteiger partial charge in [0.25, 0.3) is 0 Å². The van der Waals surface area contributed by atoms with E-state index in [9.17, 15) is 74.9 Å². The molecule has 3 aliphatic rings. The summed E-state index contributed by atoms with van der Waals surface area (Å²) in [4.78, 5) is 51.2. The van der Waals surface area contributed by atoms with Crippen LogP contribution in [0.25, 0.3) is 0 Å². The third kappa shape index (κ3) is 38.5. The number of aliphatic hydroxyl groups is 10. The van der Waals surface area contributed by atoms with Gasteiger partial charge >= 0.3 is 25.7 Å². The van der Waals surface area contributed by atoms with Gasteiger partial charge in [0.2, 0.25) is 0 Å². The quantitative estimate of drug-likeness (QED) is 0.0117. The zero-order valence-electron chi connectivity index (χ0n) is 62.1. The Morgan fingerprint density at radius 3 is 1.08 bits per heavy atom. The summed E-state index contributed by atoms with van der Waals surface area (Å²) < 4.78 is 65.2. The highest BCUT2D eigenvalue weighted by molar-refractivity contribution is 7.47. The molecule has 2 aliphatic heterocycles. The van der Waals surface area contributed by atoms with Crippen LogP contribution in [0.3, 0.4) is 0 Å². The maximum Gasteiger partial charge on any atom is 0.472 e. The highest BCUT2D eigenvalue weighted by Gasteiger charge is 2.58. The Labute approximate surface area is 600 Å². The smallest absolute Gasteiger partial charge is 0.463 e. The van der Waals surface area contributed by atoms with Gasteiger partial charge < -0.3 is 89.1 Å². The third-order valence-electron chi connectivity index (χ3n) is 20.2. The number of carbonyl (C=O) groups excluding carboxylic acids is 3. The van der Waals surface area contributed by atoms with Gasteiger partial charge in [-0.1, -0.05) is 279 Å². The molecule has 2 heterocycles. The first-order chi connectivity index (χ1) is 48.1. The maximum atomic E-state index is 14.4. The Kier molecular flexibility index (Phi) is 51.1. The van der Waals surface area contributed by atoms with E-state index in [0.717, 1.165) is 89.9 Å². The first kappa shape index (κ1) is 92.2. The zero-order valence-corrected chi connectivity index (χ0v) is 63.0. The minimum absolute atomic E-state index is 0.0306. The first-order valence-electron chi connectivity index (χ1n) is 39.6. The molecule has 20 atom stereocenters. The van der Waals surface area contributed by atoms with Gasteiger partial charge in [0.1, 0.15) is 98.7 Å². The molecule has 590 valence electrons. The Morgan fingerprint density at radius 1 is 0.380 bits per heavy atom. The van der Waals surface area contributed by atoms with Gasteiger partial charge in [0.15, 0.2) is 18.7 Å². The molecule has 1 aliphatic carbocycles. The van der Waals surface area contributed by atoms with Gasteiger partial charge in [0, 0.05) is 19.3 Å². The Bertz CT molecular complexity index is 2100. The second-order valence-electron chi connectivity index (χ2n) is 29.3. The molecule has 0 bridgehead atoms. The van der Waals surface area contributed by atoms with Crippen LogP contribution in [0.2, 0.25) is 0 Å². The van der Waals surface area contributed by atoms with E-state index in [4.69, 9.17) is 42.2 Å². The minimum atomic E-state index is -5.70. The molecule has 11 N–H and O–H groups in total. The van der Waals surface area contributed by atoms with Crippen molar-refractivity contribution in [1.29, 1.82) is 0 Å². The van der Waals surface area contributed by atoms with Crippen LogP contribution in [0.4, 0.5) is 0 Å². The van der Waals surface area contributed by atoms with Crippen molar-refractivity contribution in [2.75, 3.05) is 26.4 Å². The SMILES string of the molecule is CCCCCCCCCCCCCCCC(=O)OCC(COP(=O)(O)OC1C(OC2OC(CO)C(O)C(O)C2O)C(O)C(O)C(O)C1OC1OC(COC(=O)CCCCCCCCC(C)CCCCCCCC)C(O)C(O)C1O)OC(=O)CCCCCCCCC(C)CCCCCCCC. The van der Waals surface area contributed by atoms with Crippen molar-refractivity contribution < 1.29 is 117 Å². The summed E-state index contributed by atoms with van der Waals surface area (Å²) in [6.45, 7) is 8.11. The standard InChI is InChI=1S/C75H141O24P/c1-6-9-12-15-18-19-20-21-22-23-24-33-40-47-59(77)91-51-56(94-61(79)49-42-35-28-26-32-39-46-55(5)44-37-30-17-14-11-8-3)52-93-100(89,90)99-73-71(97-74-69(87)64(82)62(80)57(50-76)95-74)67(85)66(84)68(86)72(73)98-75-70(88)65(83)63(81)58(96-75)53-92-60(78)48-41-34-27-25-31-38-45-54(4)43-36-29-16-13-10-7-2/h54-58,62-76,80-88H,6-53H2,1-5H3,(H,89,90). The van der Waals surface area contributed by atoms with Crippen LogP contribution in [-0.2, 0) is 61.2 Å². The average Bonchev–Trinajstić information content (AvgIpc) is 0.765. The van der Waals surface area contributed by atoms with Crippen molar-refractivity contribution >= 4 is 25.7 Å². The predicted molar refractivity (Wildman–Crippen MR) is 379 cm³/mol. The third-order valence-corrected chi connectivity index (χ3v) is 21.2. The van der Waals surface area contributed by atoms with Crippen LogP contribution >= 0.6 is 7.82 Å². The van der Waals surface area contributed by atoms with Crippen molar-refractivity contribution in [1.82, 2.24) is 0 Å². The van der Waals surface area contributed by atoms with E-state index in [1.165, 1.54) is 154 Å². The van der Waals surface area contributed by atoms with Crippen LogP contribution < -0.4 is 0 Å². The number of hydrogen-bond acceptors (Lipinski definition) is 23. The number of unbranched alkanes of at least 4 members (excludes halogenated alkanes) is 32. The summed E-state index contributed by atoms with van der Waals surface area (Å²) >= 11 is 0. The Hall–Kier alpha value is -2.04. The molecule has 0 spiro atoms. The van der Waals surface area contributed by atoms with Gasteiger partial charge in [-0.05, 0) is 31.1 Å². The highest BCUT2D eigenvalue weighted by atomic mass is 31.2. The number of aliphatic hydroxyl groups excluding tert-OH is 10. The van der Waals surface area contributed by atoms with Crippen LogP contribution in [-0.4, -0.2) is 204 Å². The molecule has 0 amide bonds. The van der Waals surface area contributed by atoms with E-state index >= 15 is 0 Å². The van der Waals surface area contributed by atoms with Crippen molar-refractivity contribution in [3.63, 3.8) is 0 Å². The van der Waals surface area contributed by atoms with Gasteiger partial charge in [-0.2, -0.15) is 0 Å². The fourth-order valence-electron chi connectivity index (χ4n) is 13.5. The molecule has 100 heavy (non-hydrogen) atoms. The lowest BCUT2D eigenvalue weighted by Crippen LogP contribution is -2.69. The topological polar surface area (TPSA) is 374 Å². The monoisotopic (exact) mass is 1460 g/mol. The molecule has 1 saturated carbocycles. The zero-order chi connectivity index (χ0) is 73.5. The fourth-order valence-corrected chi connectivity index (χ4v) is 14.5. The lowest BCUT2D eigenvalue weighted by molar-refractivity contribution is -0.360. The summed E-state index contributed by atoms with van der Waals surface area (Å²) in [5.41, 5.74) is 0. The number of carbonyl (C=O) groups is 3. The average molecular weight is 1460 g/mol. The van der Waals surface area contributed by atoms with Crippen molar-refractivity contribution in [3.05, 3.63) is 0 Å². The summed E-state index contributed by atoms with van der Waals surface area (Å²) in [5, 5.41) is 110. The number of esters is 3. The lowest BCUT2D eigenvalue weighted by Gasteiger charge is -2.49. The van der Waals surface area contributed by atoms with Crippen molar-refractivity contribution in [2.45, 2.75) is 421 Å². The van der Waals surface area contributed by atoms with Crippen molar-refractivity contribution in [2.24, 2.45) is 11.8 Å². The number of phosphoric acid groups is 1. The normalized spacial score (nSPS) is 27.9. The molecule has 0 aromatic carbocycles. The molecular formula is C75H141O24P. The molecule has 25 heteroatoms. The molecule has 0 radical (unpaired) electrons. The molecule has 2 saturated heterocycles. The highest BCUT2D eigenvalue weighted by Crippen LogP contribution is 2.49. The van der Waals surface area contributed by atoms with Gasteiger partial charge in [-0.25, -0.2) is 4.57 Å². The fraction of sp³-hybridized carbons (Fsp3) is 0.960. The van der Waals surface area contributed by atoms with Crippen LogP contribution in [0.5, 0.6) is 0 Å². The van der Waals surface area contributed by atoms with E-state index in [0.29, 0.717) is 31.1 Å². The van der Waals surface area contributed by atoms with E-state index < -0.39 is 156 Å². The van der Waals surface area contributed by atoms with E-state index in [1.54, 1.807) is 0 Å². The molecule has 3 fully saturated rings. The van der Waals surface area contributed by atoms with E-state index in [1.807, 2.05) is 0 Å². The predicted octanol–water partition coefficient (Wildman–Crippen LogP) is 11.5. The van der Waals surface area contributed by atoms with Gasteiger partial charge in [0.05, 0.1) is 13.2 Å². The number of ether oxygens (including phenoxy) is 7. The van der Waals surface area contributed by atoms with Crippen LogP contribution in [0.1, 0.15) is 317 Å². The van der Waals surface area contributed by atoms with Gasteiger partial charge in [-0.15, -0.1) is 0 Å². The molecule has 24 nitrogen and oxygen atoms in total. The summed E-state index contributed by atoms with van der Waals surface area (Å²) in [5.74, 6) is -0.600. The minimum Gasteiger partial charge on any atom is -0.463 e. The second kappa shape index (κ2) is 55.4. The van der Waals surface area contributed by atoms with Crippen LogP contribution in [0, 0.1) is 11.8 Å². The molecule has 20 unspecified atom stereocenters. The summed E-state index contributed by atoms with van der Waals surface area (Å²) in [6, 6.07) is 0. The van der Waals surface area contributed by atoms with Gasteiger partial charge in [-0.3, -0.25) is 23.4 Å². The Morgan fingerprint density at radius 2 is 0.700 bits per heavy atom. The molecule has 0 aromatic heterocycles. The number of phosphoric ester groups is 1. The van der Waals surface area contributed by atoms with E-state index in [2.05, 4.69) is 34.6 Å². The maximum absolute atomic E-state index is 14.4. The van der Waals surface area contributed by atoms with Crippen LogP contribution in [0.15, 0.2) is 0 Å².